The number of sulfone groups is 1. The molecule has 158 valence electrons. The van der Waals surface area contributed by atoms with Crippen LogP contribution in [0.15, 0.2) is 54.6 Å². The van der Waals surface area contributed by atoms with Crippen LogP contribution >= 0.6 is 11.3 Å². The van der Waals surface area contributed by atoms with Gasteiger partial charge in [-0.2, -0.15) is 0 Å². The van der Waals surface area contributed by atoms with E-state index in [4.69, 9.17) is 4.98 Å². The van der Waals surface area contributed by atoms with Gasteiger partial charge in [0.15, 0.2) is 9.84 Å². The average Bonchev–Trinajstić information content (AvgIpc) is 3.31. The Labute approximate surface area is 181 Å². The van der Waals surface area contributed by atoms with Crippen LogP contribution in [0.25, 0.3) is 10.2 Å². The molecule has 1 fully saturated rings. The van der Waals surface area contributed by atoms with Gasteiger partial charge in [-0.15, -0.1) is 11.3 Å². The van der Waals surface area contributed by atoms with Gasteiger partial charge in [0.1, 0.15) is 5.01 Å². The van der Waals surface area contributed by atoms with Gasteiger partial charge in [-0.3, -0.25) is 9.69 Å². The quantitative estimate of drug-likeness (QED) is 0.583. The molecule has 0 saturated carbocycles. The van der Waals surface area contributed by atoms with Crippen LogP contribution in [0, 0.1) is 0 Å². The number of nitrogens with zero attached hydrogens (tertiary/aromatic N) is 3. The summed E-state index contributed by atoms with van der Waals surface area (Å²) in [5.41, 5.74) is 1.71. The number of rotatable bonds is 6. The first-order valence-electron chi connectivity index (χ1n) is 9.97. The number of para-hydroxylation sites is 2. The number of fused-ring (bicyclic) bond motifs is 1. The molecule has 0 N–H and O–H groups in total. The van der Waals surface area contributed by atoms with Crippen molar-refractivity contribution >= 4 is 43.0 Å². The maximum Gasteiger partial charge on any atom is 0.241 e. The Morgan fingerprint density at radius 3 is 2.53 bits per heavy atom. The van der Waals surface area contributed by atoms with Crippen molar-refractivity contribution in [3.63, 3.8) is 0 Å². The molecule has 0 unspecified atom stereocenters. The maximum absolute atomic E-state index is 13.3. The van der Waals surface area contributed by atoms with Crippen LogP contribution in [-0.4, -0.2) is 55.3 Å². The highest BCUT2D eigenvalue weighted by Crippen LogP contribution is 2.30. The van der Waals surface area contributed by atoms with Gasteiger partial charge in [-0.1, -0.05) is 30.3 Å². The normalized spacial score (nSPS) is 19.2. The number of aromatic nitrogens is 1. The molecule has 1 aromatic heterocycles. The van der Waals surface area contributed by atoms with E-state index in [1.807, 2.05) is 73.5 Å². The van der Waals surface area contributed by atoms with Crippen LogP contribution in [0.3, 0.4) is 0 Å². The molecule has 1 aliphatic heterocycles. The smallest absolute Gasteiger partial charge is 0.241 e. The van der Waals surface area contributed by atoms with E-state index in [1.54, 1.807) is 16.2 Å². The van der Waals surface area contributed by atoms with E-state index in [0.29, 0.717) is 6.42 Å². The SMILES string of the molecule is C[C@@H](c1nc2ccccc2s1)N(C)CC(=O)N(c1ccccc1)[C@H]1CCS(=O)(=O)C1. The third-order valence-electron chi connectivity index (χ3n) is 5.59. The standard InChI is InChI=1S/C22H25N3O3S2/c1-16(22-23-19-10-6-7-11-20(19)29-22)24(2)14-21(26)25(17-8-4-3-5-9-17)18-12-13-30(27,28)15-18/h3-11,16,18H,12-15H2,1-2H3/t16-,18-/m0/s1. The van der Waals surface area contributed by atoms with Gasteiger partial charge in [-0.05, 0) is 44.7 Å². The number of likely N-dealkylation sites (N-methyl/N-ethyl adjacent to an activating group) is 1. The summed E-state index contributed by atoms with van der Waals surface area (Å²) in [6, 6.07) is 17.0. The number of carbonyl (C=O) groups excluding carboxylic acids is 1. The Morgan fingerprint density at radius 2 is 1.87 bits per heavy atom. The molecule has 4 rings (SSSR count). The summed E-state index contributed by atoms with van der Waals surface area (Å²) < 4.78 is 25.2. The lowest BCUT2D eigenvalue weighted by atomic mass is 10.1. The molecular formula is C22H25N3O3S2. The highest BCUT2D eigenvalue weighted by atomic mass is 32.2. The van der Waals surface area contributed by atoms with Crippen molar-refractivity contribution in [2.24, 2.45) is 0 Å². The first-order valence-corrected chi connectivity index (χ1v) is 12.6. The van der Waals surface area contributed by atoms with E-state index in [1.165, 1.54) is 0 Å². The minimum Gasteiger partial charge on any atom is -0.307 e. The van der Waals surface area contributed by atoms with E-state index in [0.717, 1.165) is 20.9 Å². The largest absolute Gasteiger partial charge is 0.307 e. The van der Waals surface area contributed by atoms with Crippen molar-refractivity contribution in [2.75, 3.05) is 30.0 Å². The zero-order chi connectivity index (χ0) is 21.3. The van der Waals surface area contributed by atoms with Crippen molar-refractivity contribution in [1.29, 1.82) is 0 Å². The van der Waals surface area contributed by atoms with Crippen molar-refractivity contribution in [3.05, 3.63) is 59.6 Å². The maximum atomic E-state index is 13.3. The molecule has 3 aromatic rings. The lowest BCUT2D eigenvalue weighted by molar-refractivity contribution is -0.120. The molecular weight excluding hydrogens is 418 g/mol. The Bertz CT molecular complexity index is 1110. The van der Waals surface area contributed by atoms with Gasteiger partial charge in [0.25, 0.3) is 0 Å². The van der Waals surface area contributed by atoms with Gasteiger partial charge in [-0.25, -0.2) is 13.4 Å². The average molecular weight is 444 g/mol. The summed E-state index contributed by atoms with van der Waals surface area (Å²) in [4.78, 5) is 21.7. The summed E-state index contributed by atoms with van der Waals surface area (Å²) in [6.45, 7) is 2.22. The summed E-state index contributed by atoms with van der Waals surface area (Å²) in [5.74, 6) is 0.0514. The summed E-state index contributed by atoms with van der Waals surface area (Å²) in [7, 11) is -1.19. The van der Waals surface area contributed by atoms with E-state index in [9.17, 15) is 13.2 Å². The van der Waals surface area contributed by atoms with E-state index in [2.05, 4.69) is 0 Å². The fourth-order valence-corrected chi connectivity index (χ4v) is 6.59. The van der Waals surface area contributed by atoms with E-state index in [-0.39, 0.29) is 36.0 Å². The lowest BCUT2D eigenvalue weighted by Gasteiger charge is -2.31. The number of carbonyl (C=O) groups is 1. The Kier molecular flexibility index (Phi) is 5.90. The molecule has 0 radical (unpaired) electrons. The Morgan fingerprint density at radius 1 is 1.17 bits per heavy atom. The lowest BCUT2D eigenvalue weighted by Crippen LogP contribution is -2.46. The van der Waals surface area contributed by atoms with E-state index >= 15 is 0 Å². The Hall–Kier alpha value is -2.29. The molecule has 0 bridgehead atoms. The third-order valence-corrected chi connectivity index (χ3v) is 8.55. The molecule has 6 nitrogen and oxygen atoms in total. The zero-order valence-corrected chi connectivity index (χ0v) is 18.7. The second kappa shape index (κ2) is 8.45. The topological polar surface area (TPSA) is 70.6 Å². The van der Waals surface area contributed by atoms with Crippen LogP contribution in [0.2, 0.25) is 0 Å². The van der Waals surface area contributed by atoms with Gasteiger partial charge in [0.05, 0.1) is 40.4 Å². The predicted octanol–water partition coefficient (Wildman–Crippen LogP) is 3.51. The molecule has 1 saturated heterocycles. The van der Waals surface area contributed by atoms with Gasteiger partial charge in [0, 0.05) is 5.69 Å². The number of benzene rings is 2. The van der Waals surface area contributed by atoms with Crippen molar-refractivity contribution < 1.29 is 13.2 Å². The van der Waals surface area contributed by atoms with Gasteiger partial charge < -0.3 is 4.90 Å². The molecule has 2 atom stereocenters. The predicted molar refractivity (Wildman–Crippen MR) is 122 cm³/mol. The van der Waals surface area contributed by atoms with Crippen molar-refractivity contribution in [1.82, 2.24) is 9.88 Å². The molecule has 30 heavy (non-hydrogen) atoms. The third kappa shape index (κ3) is 4.40. The summed E-state index contributed by atoms with van der Waals surface area (Å²) in [5, 5.41) is 0.959. The highest BCUT2D eigenvalue weighted by molar-refractivity contribution is 7.91. The monoisotopic (exact) mass is 443 g/mol. The molecule has 2 heterocycles. The second-order valence-electron chi connectivity index (χ2n) is 7.77. The number of hydrogen-bond donors (Lipinski definition) is 0. The highest BCUT2D eigenvalue weighted by Gasteiger charge is 2.36. The second-order valence-corrected chi connectivity index (χ2v) is 11.1. The van der Waals surface area contributed by atoms with Crippen LogP contribution in [0.4, 0.5) is 5.69 Å². The fourth-order valence-electron chi connectivity index (χ4n) is 3.81. The number of amides is 1. The molecule has 2 aromatic carbocycles. The molecule has 1 amide bonds. The van der Waals surface area contributed by atoms with Crippen molar-refractivity contribution in [2.45, 2.75) is 25.4 Å². The van der Waals surface area contributed by atoms with Crippen molar-refractivity contribution in [3.8, 4) is 0 Å². The van der Waals surface area contributed by atoms with Gasteiger partial charge in [0.2, 0.25) is 5.91 Å². The number of thiazole rings is 1. The summed E-state index contributed by atoms with van der Waals surface area (Å²) in [6.07, 6.45) is 0.472. The van der Waals surface area contributed by atoms with Crippen LogP contribution in [0.5, 0.6) is 0 Å². The summed E-state index contributed by atoms with van der Waals surface area (Å²) >= 11 is 1.63. The van der Waals surface area contributed by atoms with Gasteiger partial charge >= 0.3 is 0 Å². The van der Waals surface area contributed by atoms with Crippen LogP contribution in [0.1, 0.15) is 24.4 Å². The fraction of sp³-hybridized carbons (Fsp3) is 0.364. The minimum atomic E-state index is -3.10. The minimum absolute atomic E-state index is 0.0186. The van der Waals surface area contributed by atoms with Crippen LogP contribution < -0.4 is 4.90 Å². The molecule has 0 aliphatic carbocycles. The zero-order valence-electron chi connectivity index (χ0n) is 17.1. The molecule has 1 aliphatic rings. The van der Waals surface area contributed by atoms with Crippen LogP contribution in [-0.2, 0) is 14.6 Å². The first kappa shape index (κ1) is 21.0. The first-order chi connectivity index (χ1) is 14.3. The number of hydrogen-bond acceptors (Lipinski definition) is 6. The van der Waals surface area contributed by atoms with E-state index < -0.39 is 9.84 Å². The molecule has 0 spiro atoms. The Balaban J connectivity index is 1.54. The number of anilines is 1. The molecule has 8 heteroatoms.